The van der Waals surface area contributed by atoms with Crippen LogP contribution in [0.15, 0.2) is 39.3 Å². The van der Waals surface area contributed by atoms with Crippen molar-refractivity contribution in [2.45, 2.75) is 19.6 Å². The van der Waals surface area contributed by atoms with E-state index in [1.165, 1.54) is 12.1 Å². The maximum absolute atomic E-state index is 13.9. The summed E-state index contributed by atoms with van der Waals surface area (Å²) in [4.78, 5) is 0. The van der Waals surface area contributed by atoms with Gasteiger partial charge in [-0.25, -0.2) is 8.78 Å². The largest absolute Gasteiger partial charge is 0.488 e. The second-order valence-corrected chi connectivity index (χ2v) is 6.35. The van der Waals surface area contributed by atoms with Crippen molar-refractivity contribution in [2.24, 2.45) is 5.73 Å². The monoisotopic (exact) mass is 419 g/mol. The molecule has 0 saturated carbocycles. The van der Waals surface area contributed by atoms with E-state index in [1.54, 1.807) is 12.1 Å². The van der Waals surface area contributed by atoms with Crippen LogP contribution >= 0.6 is 31.9 Å². The van der Waals surface area contributed by atoms with Crippen LogP contribution in [0.3, 0.4) is 0 Å². The van der Waals surface area contributed by atoms with E-state index in [4.69, 9.17) is 10.5 Å². The molecule has 0 amide bonds. The Balaban J connectivity index is 2.27. The SMILES string of the molecule is CC(N)c1cc(Br)ccc1OCc1c(F)ccc(Br)c1F. The second-order valence-electron chi connectivity index (χ2n) is 4.58. The van der Waals surface area contributed by atoms with Crippen molar-refractivity contribution in [3.05, 3.63) is 62.0 Å². The lowest BCUT2D eigenvalue weighted by atomic mass is 10.1. The Labute approximate surface area is 138 Å². The molecule has 0 aliphatic heterocycles. The van der Waals surface area contributed by atoms with Gasteiger partial charge in [0.25, 0.3) is 0 Å². The highest BCUT2D eigenvalue weighted by Crippen LogP contribution is 2.29. The van der Waals surface area contributed by atoms with Gasteiger partial charge < -0.3 is 10.5 Å². The summed E-state index contributed by atoms with van der Waals surface area (Å²) < 4.78 is 34.2. The van der Waals surface area contributed by atoms with Gasteiger partial charge in [-0.1, -0.05) is 15.9 Å². The number of rotatable bonds is 4. The van der Waals surface area contributed by atoms with Crippen LogP contribution < -0.4 is 10.5 Å². The molecule has 2 rings (SSSR count). The highest BCUT2D eigenvalue weighted by molar-refractivity contribution is 9.10. The first-order valence-corrected chi connectivity index (χ1v) is 7.79. The molecule has 0 fully saturated rings. The maximum atomic E-state index is 13.9. The van der Waals surface area contributed by atoms with E-state index in [9.17, 15) is 8.78 Å². The highest BCUT2D eigenvalue weighted by atomic mass is 79.9. The molecule has 2 aromatic rings. The van der Waals surface area contributed by atoms with Gasteiger partial charge in [0, 0.05) is 16.1 Å². The first kappa shape index (κ1) is 16.4. The molecule has 0 heterocycles. The number of benzene rings is 2. The molecule has 21 heavy (non-hydrogen) atoms. The summed E-state index contributed by atoms with van der Waals surface area (Å²) in [6.45, 7) is 1.60. The average molecular weight is 421 g/mol. The zero-order chi connectivity index (χ0) is 15.6. The fourth-order valence-corrected chi connectivity index (χ4v) is 2.61. The van der Waals surface area contributed by atoms with Crippen molar-refractivity contribution in [3.63, 3.8) is 0 Å². The molecular weight excluding hydrogens is 408 g/mol. The van der Waals surface area contributed by atoms with Crippen LogP contribution in [0.25, 0.3) is 0 Å². The zero-order valence-corrected chi connectivity index (χ0v) is 14.3. The van der Waals surface area contributed by atoms with Crippen LogP contribution in [0.4, 0.5) is 8.78 Å². The van der Waals surface area contributed by atoms with Crippen LogP contribution in [0, 0.1) is 11.6 Å². The molecule has 0 bridgehead atoms. The van der Waals surface area contributed by atoms with Gasteiger partial charge in [-0.05, 0) is 53.2 Å². The molecule has 0 aliphatic carbocycles. The van der Waals surface area contributed by atoms with E-state index in [0.717, 1.165) is 10.0 Å². The average Bonchev–Trinajstić information content (AvgIpc) is 2.44. The third kappa shape index (κ3) is 3.81. The lowest BCUT2D eigenvalue weighted by Crippen LogP contribution is -2.09. The summed E-state index contributed by atoms with van der Waals surface area (Å²) in [5, 5.41) is 0. The summed E-state index contributed by atoms with van der Waals surface area (Å²) in [5.74, 6) is -0.795. The van der Waals surface area contributed by atoms with Crippen molar-refractivity contribution >= 4 is 31.9 Å². The molecule has 2 aromatic carbocycles. The van der Waals surface area contributed by atoms with Crippen LogP contribution in [0.5, 0.6) is 5.75 Å². The number of hydrogen-bond donors (Lipinski definition) is 1. The topological polar surface area (TPSA) is 35.2 Å². The van der Waals surface area contributed by atoms with E-state index >= 15 is 0 Å². The van der Waals surface area contributed by atoms with Crippen molar-refractivity contribution in [2.75, 3.05) is 0 Å². The highest BCUT2D eigenvalue weighted by Gasteiger charge is 2.15. The Bertz CT molecular complexity index is 662. The molecule has 112 valence electrons. The quantitative estimate of drug-likeness (QED) is 0.699. The lowest BCUT2D eigenvalue weighted by Gasteiger charge is -2.15. The standard InChI is InChI=1S/C15H13Br2F2NO/c1-8(20)10-6-9(16)2-5-14(10)21-7-11-13(18)4-3-12(17)15(11)19/h2-6,8H,7,20H2,1H3. The first-order valence-electron chi connectivity index (χ1n) is 6.20. The minimum absolute atomic E-state index is 0.122. The van der Waals surface area contributed by atoms with E-state index < -0.39 is 11.6 Å². The molecule has 2 N–H and O–H groups in total. The Morgan fingerprint density at radius 2 is 1.90 bits per heavy atom. The van der Waals surface area contributed by atoms with Gasteiger partial charge in [-0.15, -0.1) is 0 Å². The lowest BCUT2D eigenvalue weighted by molar-refractivity contribution is 0.288. The third-order valence-electron chi connectivity index (χ3n) is 2.97. The minimum atomic E-state index is -0.658. The van der Waals surface area contributed by atoms with E-state index in [0.29, 0.717) is 5.75 Å². The number of halogens is 4. The molecule has 0 spiro atoms. The Morgan fingerprint density at radius 1 is 1.19 bits per heavy atom. The Hall–Kier alpha value is -0.980. The second kappa shape index (κ2) is 6.85. The van der Waals surface area contributed by atoms with Gasteiger partial charge in [-0.3, -0.25) is 0 Å². The molecular formula is C15H13Br2F2NO. The summed E-state index contributed by atoms with van der Waals surface area (Å²) in [6.07, 6.45) is 0. The Kier molecular flexibility index (Phi) is 5.35. The maximum Gasteiger partial charge on any atom is 0.146 e. The molecule has 1 unspecified atom stereocenters. The van der Waals surface area contributed by atoms with Gasteiger partial charge >= 0.3 is 0 Å². The Morgan fingerprint density at radius 3 is 2.57 bits per heavy atom. The number of hydrogen-bond acceptors (Lipinski definition) is 2. The van der Waals surface area contributed by atoms with E-state index in [2.05, 4.69) is 31.9 Å². The predicted octanol–water partition coefficient (Wildman–Crippen LogP) is 5.09. The van der Waals surface area contributed by atoms with Crippen LogP contribution in [0.2, 0.25) is 0 Å². The smallest absolute Gasteiger partial charge is 0.146 e. The van der Waals surface area contributed by atoms with Crippen molar-refractivity contribution in [1.29, 1.82) is 0 Å². The number of nitrogens with two attached hydrogens (primary N) is 1. The van der Waals surface area contributed by atoms with Gasteiger partial charge in [0.2, 0.25) is 0 Å². The molecule has 1 atom stereocenters. The molecule has 0 saturated heterocycles. The van der Waals surface area contributed by atoms with Gasteiger partial charge in [0.05, 0.1) is 10.0 Å². The predicted molar refractivity (Wildman–Crippen MR) is 85.1 cm³/mol. The zero-order valence-electron chi connectivity index (χ0n) is 11.2. The summed E-state index contributed by atoms with van der Waals surface area (Å²) in [5.41, 5.74) is 6.52. The summed E-state index contributed by atoms with van der Waals surface area (Å²) in [6, 6.07) is 7.59. The van der Waals surface area contributed by atoms with Crippen molar-refractivity contribution in [3.8, 4) is 5.75 Å². The van der Waals surface area contributed by atoms with Crippen molar-refractivity contribution < 1.29 is 13.5 Å². The molecule has 6 heteroatoms. The van der Waals surface area contributed by atoms with E-state index in [1.807, 2.05) is 13.0 Å². The van der Waals surface area contributed by atoms with Crippen LogP contribution in [-0.4, -0.2) is 0 Å². The van der Waals surface area contributed by atoms with Crippen molar-refractivity contribution in [1.82, 2.24) is 0 Å². The normalized spacial score (nSPS) is 12.3. The first-order chi connectivity index (χ1) is 9.90. The van der Waals surface area contributed by atoms with Crippen LogP contribution in [-0.2, 0) is 6.61 Å². The van der Waals surface area contributed by atoms with E-state index in [-0.39, 0.29) is 22.7 Å². The third-order valence-corrected chi connectivity index (χ3v) is 4.08. The molecule has 0 aromatic heterocycles. The fraction of sp³-hybridized carbons (Fsp3) is 0.200. The van der Waals surface area contributed by atoms with Crippen LogP contribution in [0.1, 0.15) is 24.1 Å². The van der Waals surface area contributed by atoms with Gasteiger partial charge in [0.1, 0.15) is 24.0 Å². The van der Waals surface area contributed by atoms with Gasteiger partial charge in [0.15, 0.2) is 0 Å². The molecule has 0 aliphatic rings. The molecule has 0 radical (unpaired) electrons. The van der Waals surface area contributed by atoms with Gasteiger partial charge in [-0.2, -0.15) is 0 Å². The summed E-state index contributed by atoms with van der Waals surface area (Å²) >= 11 is 6.39. The fourth-order valence-electron chi connectivity index (χ4n) is 1.86. The minimum Gasteiger partial charge on any atom is -0.488 e. The number of ether oxygens (including phenoxy) is 1. The summed E-state index contributed by atoms with van der Waals surface area (Å²) in [7, 11) is 0. The molecule has 2 nitrogen and oxygen atoms in total.